The maximum Gasteiger partial charge on any atom is 0.0204 e. The van der Waals surface area contributed by atoms with E-state index in [2.05, 4.69) is 131 Å². The third kappa shape index (κ3) is 4.20. The van der Waals surface area contributed by atoms with Crippen LogP contribution < -0.4 is 0 Å². The third-order valence-electron chi connectivity index (χ3n) is 12.6. The van der Waals surface area contributed by atoms with Gasteiger partial charge in [0, 0.05) is 11.3 Å². The van der Waals surface area contributed by atoms with Crippen molar-refractivity contribution in [2.75, 3.05) is 0 Å². The minimum Gasteiger partial charge on any atom is -0.0851 e. The van der Waals surface area contributed by atoms with E-state index in [9.17, 15) is 0 Å². The van der Waals surface area contributed by atoms with Gasteiger partial charge in [0.25, 0.3) is 0 Å². The molecule has 5 aliphatic carbocycles. The Kier molecular flexibility index (Phi) is 6.38. The van der Waals surface area contributed by atoms with Crippen LogP contribution in [0.2, 0.25) is 0 Å². The average molecular weight is 573 g/mol. The fourth-order valence-corrected chi connectivity index (χ4v) is 10.6. The largest absolute Gasteiger partial charge is 0.0851 e. The molecule has 1 fully saturated rings. The summed E-state index contributed by atoms with van der Waals surface area (Å²) in [6.45, 7) is 27.1. The van der Waals surface area contributed by atoms with E-state index >= 15 is 0 Å². The van der Waals surface area contributed by atoms with Gasteiger partial charge in [0.15, 0.2) is 0 Å². The van der Waals surface area contributed by atoms with Gasteiger partial charge in [-0.25, -0.2) is 0 Å². The molecule has 0 N–H and O–H groups in total. The number of allylic oxidation sites excluding steroid dienone is 6. The van der Waals surface area contributed by atoms with E-state index in [-0.39, 0.29) is 21.7 Å². The van der Waals surface area contributed by atoms with E-state index in [0.29, 0.717) is 17.8 Å². The quantitative estimate of drug-likeness (QED) is 0.321. The summed E-state index contributed by atoms with van der Waals surface area (Å²) >= 11 is 0. The molecule has 0 heterocycles. The molecule has 0 amide bonds. The second-order valence-electron chi connectivity index (χ2n) is 18.5. The van der Waals surface area contributed by atoms with Crippen LogP contribution >= 0.6 is 0 Å². The number of hydrogen-bond acceptors (Lipinski definition) is 0. The van der Waals surface area contributed by atoms with Crippen LogP contribution in [0.1, 0.15) is 130 Å². The van der Waals surface area contributed by atoms with Crippen LogP contribution in [0.25, 0.3) is 11.1 Å². The highest BCUT2D eigenvalue weighted by atomic mass is 14.6. The van der Waals surface area contributed by atoms with E-state index in [4.69, 9.17) is 0 Å². The van der Waals surface area contributed by atoms with Crippen molar-refractivity contribution < 1.29 is 0 Å². The fraction of sp³-hybridized carbons (Fsp3) is 0.581. The van der Waals surface area contributed by atoms with Crippen LogP contribution in [0.3, 0.4) is 0 Å². The Morgan fingerprint density at radius 1 is 0.767 bits per heavy atom. The molecule has 2 bridgehead atoms. The molecule has 6 atom stereocenters. The molecular formula is C43H56. The summed E-state index contributed by atoms with van der Waals surface area (Å²) in [5.74, 6) is 4.05. The second-order valence-corrected chi connectivity index (χ2v) is 18.5. The maximum absolute atomic E-state index is 2.75. The highest BCUT2D eigenvalue weighted by Crippen LogP contribution is 2.70. The van der Waals surface area contributed by atoms with Gasteiger partial charge in [-0.3, -0.25) is 0 Å². The highest BCUT2D eigenvalue weighted by Gasteiger charge is 2.59. The van der Waals surface area contributed by atoms with Gasteiger partial charge < -0.3 is 0 Å². The zero-order valence-electron chi connectivity index (χ0n) is 29.0. The molecular weight excluding hydrogens is 516 g/mol. The molecule has 0 aromatic heterocycles. The molecule has 6 unspecified atom stereocenters. The first-order valence-electron chi connectivity index (χ1n) is 17.4. The molecule has 1 saturated carbocycles. The van der Waals surface area contributed by atoms with Gasteiger partial charge in [-0.05, 0) is 110 Å². The lowest BCUT2D eigenvalue weighted by Crippen LogP contribution is -2.37. The van der Waals surface area contributed by atoms with E-state index in [0.717, 1.165) is 17.8 Å². The average Bonchev–Trinajstić information content (AvgIpc) is 3.71. The van der Waals surface area contributed by atoms with Crippen LogP contribution in [0.5, 0.6) is 0 Å². The van der Waals surface area contributed by atoms with Crippen molar-refractivity contribution in [3.05, 3.63) is 93.6 Å². The minimum absolute atomic E-state index is 0.0547. The van der Waals surface area contributed by atoms with Crippen LogP contribution in [-0.4, -0.2) is 0 Å². The van der Waals surface area contributed by atoms with Gasteiger partial charge in [-0.15, -0.1) is 0 Å². The lowest BCUT2D eigenvalue weighted by molar-refractivity contribution is 0.168. The summed E-state index contributed by atoms with van der Waals surface area (Å²) in [4.78, 5) is 0. The summed E-state index contributed by atoms with van der Waals surface area (Å²) in [6, 6.07) is 14.5. The van der Waals surface area contributed by atoms with Gasteiger partial charge in [0.1, 0.15) is 0 Å². The zero-order chi connectivity index (χ0) is 30.9. The first-order valence-corrected chi connectivity index (χ1v) is 17.4. The smallest absolute Gasteiger partial charge is 0.0204 e. The molecule has 7 rings (SSSR count). The summed E-state index contributed by atoms with van der Waals surface area (Å²) in [6.07, 6.45) is 13.2. The summed E-state index contributed by atoms with van der Waals surface area (Å²) in [5, 5.41) is 0. The number of hydrogen-bond donors (Lipinski definition) is 0. The predicted molar refractivity (Wildman–Crippen MR) is 185 cm³/mol. The van der Waals surface area contributed by atoms with Gasteiger partial charge in [0.2, 0.25) is 0 Å². The molecule has 43 heavy (non-hydrogen) atoms. The van der Waals surface area contributed by atoms with Crippen LogP contribution in [0.15, 0.2) is 71.3 Å². The third-order valence-corrected chi connectivity index (χ3v) is 12.6. The van der Waals surface area contributed by atoms with Crippen LogP contribution in [0, 0.1) is 40.4 Å². The standard InChI is InChI=1S/C43H56/c1-25(2)43(24-34(32-21-26-16-17-27(32)20-26)33-22-28(23-36(33)43)40(3,4)5)38-31-15-13-12-14-29(31)30-18-19-35(41(6,7)8)39(37(30)38)42(9,10)11/h12-19,23,25-27,32,34,38H,20-22,24H2,1-11H3. The lowest BCUT2D eigenvalue weighted by Gasteiger charge is -2.46. The monoisotopic (exact) mass is 572 g/mol. The Morgan fingerprint density at radius 3 is 2.07 bits per heavy atom. The van der Waals surface area contributed by atoms with Crippen molar-refractivity contribution >= 4 is 0 Å². The van der Waals surface area contributed by atoms with Crippen molar-refractivity contribution in [1.82, 2.24) is 0 Å². The molecule has 5 aliphatic rings. The van der Waals surface area contributed by atoms with Crippen molar-refractivity contribution in [1.29, 1.82) is 0 Å². The topological polar surface area (TPSA) is 0 Å². The first-order chi connectivity index (χ1) is 20.0. The first kappa shape index (κ1) is 29.4. The van der Waals surface area contributed by atoms with E-state index < -0.39 is 0 Å². The Morgan fingerprint density at radius 2 is 1.49 bits per heavy atom. The van der Waals surface area contributed by atoms with Crippen molar-refractivity contribution in [2.45, 2.75) is 119 Å². The van der Waals surface area contributed by atoms with Crippen LogP contribution in [-0.2, 0) is 10.8 Å². The molecule has 0 nitrogen and oxygen atoms in total. The Bertz CT molecular complexity index is 1570. The maximum atomic E-state index is 2.75. The molecule has 0 spiro atoms. The molecule has 0 heteroatoms. The van der Waals surface area contributed by atoms with Crippen molar-refractivity contribution in [3.8, 4) is 11.1 Å². The van der Waals surface area contributed by atoms with Crippen molar-refractivity contribution in [3.63, 3.8) is 0 Å². The van der Waals surface area contributed by atoms with Gasteiger partial charge in [-0.1, -0.05) is 142 Å². The highest BCUT2D eigenvalue weighted by molar-refractivity contribution is 5.83. The Hall–Kier alpha value is -2.34. The zero-order valence-corrected chi connectivity index (χ0v) is 29.0. The minimum atomic E-state index is 0.0547. The number of benzene rings is 2. The molecule has 0 radical (unpaired) electrons. The number of fused-ring (bicyclic) bond motifs is 5. The molecule has 0 aliphatic heterocycles. The van der Waals surface area contributed by atoms with Crippen LogP contribution in [0.4, 0.5) is 0 Å². The normalized spacial score (nSPS) is 31.3. The summed E-state index contributed by atoms with van der Waals surface area (Å²) in [5.41, 5.74) is 15.1. The van der Waals surface area contributed by atoms with Gasteiger partial charge >= 0.3 is 0 Å². The molecule has 228 valence electrons. The Labute approximate surface area is 263 Å². The molecule has 0 saturated heterocycles. The van der Waals surface area contributed by atoms with E-state index in [1.54, 1.807) is 27.8 Å². The summed E-state index contributed by atoms with van der Waals surface area (Å²) in [7, 11) is 0. The van der Waals surface area contributed by atoms with Gasteiger partial charge in [-0.2, -0.15) is 0 Å². The lowest BCUT2D eigenvalue weighted by atomic mass is 9.57. The predicted octanol–water partition coefficient (Wildman–Crippen LogP) is 11.9. The molecule has 2 aromatic rings. The van der Waals surface area contributed by atoms with Gasteiger partial charge in [0.05, 0.1) is 0 Å². The van der Waals surface area contributed by atoms with E-state index in [1.165, 1.54) is 42.4 Å². The van der Waals surface area contributed by atoms with Crippen molar-refractivity contribution in [2.24, 2.45) is 40.4 Å². The number of rotatable bonds is 3. The van der Waals surface area contributed by atoms with E-state index in [1.807, 2.05) is 5.57 Å². The molecule has 2 aromatic carbocycles. The second kappa shape index (κ2) is 9.34. The summed E-state index contributed by atoms with van der Waals surface area (Å²) < 4.78 is 0. The SMILES string of the molecule is CC(C)C1(C2c3ccccc3-c3ccc(C(C)(C)C)c(C(C)(C)C)c32)CC(C2CC3C=CC2C3)C2=C1C=C(C(C)(C)C)C2. The fourth-order valence-electron chi connectivity index (χ4n) is 10.6. The Balaban J connectivity index is 1.52.